The molecule has 0 radical (unpaired) electrons. The van der Waals surface area contributed by atoms with Crippen molar-refractivity contribution in [3.63, 3.8) is 0 Å². The highest BCUT2D eigenvalue weighted by molar-refractivity contribution is 7.51. The Hall–Kier alpha value is -0.0500. The molecule has 1 atom stereocenters. The highest BCUT2D eigenvalue weighted by atomic mass is 35.5. The van der Waals surface area contributed by atoms with Crippen LogP contribution in [0.3, 0.4) is 0 Å². The number of benzene rings is 1. The topological polar surface area (TPSA) is 46.5 Å². The predicted octanol–water partition coefficient (Wildman–Crippen LogP) is 3.48. The van der Waals surface area contributed by atoms with Gasteiger partial charge in [0.25, 0.3) is 0 Å². The molecule has 1 aromatic carbocycles. The van der Waals surface area contributed by atoms with E-state index in [0.29, 0.717) is 5.02 Å². The molecule has 0 saturated heterocycles. The minimum Gasteiger partial charge on any atom is -0.324 e. The van der Waals surface area contributed by atoms with Crippen molar-refractivity contribution in [3.8, 4) is 0 Å². The Morgan fingerprint density at radius 1 is 1.40 bits per heavy atom. The van der Waals surface area contributed by atoms with Crippen molar-refractivity contribution in [2.24, 2.45) is 0 Å². The number of rotatable bonds is 4. The molecule has 86 valence electrons. The van der Waals surface area contributed by atoms with Gasteiger partial charge in [0, 0.05) is 5.02 Å². The highest BCUT2D eigenvalue weighted by Gasteiger charge is 2.18. The summed E-state index contributed by atoms with van der Waals surface area (Å²) in [5, 5.41) is 0.609. The molecule has 1 N–H and O–H groups in total. The van der Waals surface area contributed by atoms with Crippen molar-refractivity contribution in [2.45, 2.75) is 13.1 Å². The highest BCUT2D eigenvalue weighted by Crippen LogP contribution is 2.45. The third-order valence-electron chi connectivity index (χ3n) is 1.63. The third kappa shape index (κ3) is 5.55. The molecule has 0 aromatic heterocycles. The van der Waals surface area contributed by atoms with Gasteiger partial charge < -0.3 is 9.42 Å². The van der Waals surface area contributed by atoms with Gasteiger partial charge in [0.2, 0.25) is 0 Å². The maximum absolute atomic E-state index is 11.4. The molecule has 6 heteroatoms. The fraction of sp³-hybridized carbons (Fsp3) is 0.333. The van der Waals surface area contributed by atoms with Crippen molar-refractivity contribution < 1.29 is 14.0 Å². The van der Waals surface area contributed by atoms with Gasteiger partial charge in [-0.1, -0.05) is 23.7 Å². The van der Waals surface area contributed by atoms with E-state index >= 15 is 0 Å². The van der Waals surface area contributed by atoms with E-state index in [1.54, 1.807) is 31.2 Å². The van der Waals surface area contributed by atoms with Crippen molar-refractivity contribution in [3.05, 3.63) is 34.9 Å². The van der Waals surface area contributed by atoms with E-state index in [1.165, 1.54) is 0 Å². The molecule has 0 spiro atoms. The van der Waals surface area contributed by atoms with Crippen molar-refractivity contribution in [2.75, 3.05) is 6.61 Å². The second-order valence-electron chi connectivity index (χ2n) is 2.84. The Morgan fingerprint density at radius 3 is 2.40 bits per heavy atom. The van der Waals surface area contributed by atoms with Gasteiger partial charge in [-0.25, -0.2) is 0 Å². The fourth-order valence-corrected chi connectivity index (χ4v) is 2.36. The lowest BCUT2D eigenvalue weighted by Gasteiger charge is -2.10. The molecule has 0 saturated carbocycles. The first-order valence-electron chi connectivity index (χ1n) is 4.24. The molecule has 1 rings (SSSR count). The molecule has 1 aromatic rings. The summed E-state index contributed by atoms with van der Waals surface area (Å²) in [6.45, 7) is 1.92. The zero-order chi connectivity index (χ0) is 10.6. The zero-order valence-electron chi connectivity index (χ0n) is 8.22. The van der Waals surface area contributed by atoms with E-state index in [-0.39, 0.29) is 25.2 Å². The van der Waals surface area contributed by atoms with Crippen molar-refractivity contribution in [1.82, 2.24) is 0 Å². The quantitative estimate of drug-likeness (QED) is 0.852. The summed E-state index contributed by atoms with van der Waals surface area (Å²) in [7, 11) is -3.47. The Balaban J connectivity index is 0.00000196. The molecule has 0 heterocycles. The lowest BCUT2D eigenvalue weighted by atomic mass is 10.2. The molecule has 0 bridgehead atoms. The lowest BCUT2D eigenvalue weighted by Crippen LogP contribution is -1.92. The van der Waals surface area contributed by atoms with Crippen LogP contribution in [0.15, 0.2) is 24.3 Å². The Labute approximate surface area is 100 Å². The molecule has 0 aliphatic heterocycles. The van der Waals surface area contributed by atoms with Crippen LogP contribution in [-0.2, 0) is 15.3 Å². The number of hydrogen-bond donors (Lipinski definition) is 1. The minimum atomic E-state index is -3.47. The average Bonchev–Trinajstić information content (AvgIpc) is 2.08. The van der Waals surface area contributed by atoms with Gasteiger partial charge in [-0.15, -0.1) is 12.4 Å². The zero-order valence-corrected chi connectivity index (χ0v) is 10.7. The van der Waals surface area contributed by atoms with Crippen LogP contribution in [0, 0.1) is 0 Å². The fourth-order valence-electron chi connectivity index (χ4n) is 1.07. The summed E-state index contributed by atoms with van der Waals surface area (Å²) >= 11 is 5.68. The molecule has 0 aliphatic carbocycles. The normalized spacial score (nSPS) is 14.1. The first kappa shape index (κ1) is 14.9. The van der Waals surface area contributed by atoms with Gasteiger partial charge in [-0.2, -0.15) is 0 Å². The SMILES string of the molecule is CCOP(=O)(O)Cc1ccc(Cl)cc1.Cl. The third-order valence-corrected chi connectivity index (χ3v) is 3.30. The van der Waals surface area contributed by atoms with Crippen LogP contribution in [0.2, 0.25) is 5.02 Å². The summed E-state index contributed by atoms with van der Waals surface area (Å²) in [6, 6.07) is 6.79. The van der Waals surface area contributed by atoms with Crippen LogP contribution >= 0.6 is 31.6 Å². The molecular weight excluding hydrogens is 258 g/mol. The number of hydrogen-bond acceptors (Lipinski definition) is 2. The van der Waals surface area contributed by atoms with Gasteiger partial charge in [-0.3, -0.25) is 4.57 Å². The Bertz CT molecular complexity index is 340. The minimum absolute atomic E-state index is 0. The average molecular weight is 271 g/mol. The first-order valence-corrected chi connectivity index (χ1v) is 6.38. The monoisotopic (exact) mass is 270 g/mol. The van der Waals surface area contributed by atoms with E-state index in [4.69, 9.17) is 16.1 Å². The number of halogens is 2. The van der Waals surface area contributed by atoms with Crippen LogP contribution < -0.4 is 0 Å². The van der Waals surface area contributed by atoms with Crippen LogP contribution in [0.1, 0.15) is 12.5 Å². The Morgan fingerprint density at radius 2 is 1.93 bits per heavy atom. The second kappa shape index (κ2) is 6.51. The lowest BCUT2D eigenvalue weighted by molar-refractivity contribution is 0.272. The molecule has 3 nitrogen and oxygen atoms in total. The molecule has 0 aliphatic rings. The summed E-state index contributed by atoms with van der Waals surface area (Å²) in [5.41, 5.74) is 0.744. The second-order valence-corrected chi connectivity index (χ2v) is 5.13. The van der Waals surface area contributed by atoms with E-state index in [1.807, 2.05) is 0 Å². The molecule has 15 heavy (non-hydrogen) atoms. The van der Waals surface area contributed by atoms with Gasteiger partial charge in [0.1, 0.15) is 0 Å². The summed E-state index contributed by atoms with van der Waals surface area (Å²) in [6.07, 6.45) is 0.0258. The van der Waals surface area contributed by atoms with Crippen LogP contribution in [0.25, 0.3) is 0 Å². The molecular formula is C9H13Cl2O3P. The van der Waals surface area contributed by atoms with E-state index in [2.05, 4.69) is 0 Å². The molecule has 0 fully saturated rings. The largest absolute Gasteiger partial charge is 0.332 e. The van der Waals surface area contributed by atoms with Gasteiger partial charge in [0.15, 0.2) is 0 Å². The summed E-state index contributed by atoms with van der Waals surface area (Å²) < 4.78 is 16.1. The van der Waals surface area contributed by atoms with E-state index < -0.39 is 7.60 Å². The summed E-state index contributed by atoms with van der Waals surface area (Å²) in [5.74, 6) is 0. The molecule has 0 amide bonds. The van der Waals surface area contributed by atoms with E-state index in [0.717, 1.165) is 5.56 Å². The predicted molar refractivity (Wildman–Crippen MR) is 63.9 cm³/mol. The first-order chi connectivity index (χ1) is 6.53. The van der Waals surface area contributed by atoms with Crippen LogP contribution in [0.4, 0.5) is 0 Å². The standard InChI is InChI=1S/C9H12ClO3P.ClH/c1-2-13-14(11,12)7-8-3-5-9(10)6-4-8;/h3-6H,2,7H2,1H3,(H,11,12);1H. The maximum atomic E-state index is 11.4. The van der Waals surface area contributed by atoms with Gasteiger partial charge >= 0.3 is 7.60 Å². The maximum Gasteiger partial charge on any atom is 0.332 e. The van der Waals surface area contributed by atoms with Crippen LogP contribution in [0.5, 0.6) is 0 Å². The van der Waals surface area contributed by atoms with Gasteiger partial charge in [-0.05, 0) is 24.6 Å². The summed E-state index contributed by atoms with van der Waals surface area (Å²) in [4.78, 5) is 9.34. The molecule has 1 unspecified atom stereocenters. The van der Waals surface area contributed by atoms with Crippen LogP contribution in [-0.4, -0.2) is 11.5 Å². The van der Waals surface area contributed by atoms with Crippen molar-refractivity contribution in [1.29, 1.82) is 0 Å². The van der Waals surface area contributed by atoms with Gasteiger partial charge in [0.05, 0.1) is 12.8 Å². The smallest absolute Gasteiger partial charge is 0.324 e. The Kier molecular flexibility index (Phi) is 6.49. The van der Waals surface area contributed by atoms with E-state index in [9.17, 15) is 9.46 Å². The van der Waals surface area contributed by atoms with Crippen molar-refractivity contribution >= 4 is 31.6 Å².